The first-order valence-corrected chi connectivity index (χ1v) is 23.4. The maximum atomic E-state index is 2.60. The molecule has 0 atom stereocenters. The van der Waals surface area contributed by atoms with Gasteiger partial charge in [-0.25, -0.2) is 0 Å². The summed E-state index contributed by atoms with van der Waals surface area (Å²) in [6, 6.07) is 0. The molecule has 0 bridgehead atoms. The van der Waals surface area contributed by atoms with Gasteiger partial charge in [0.05, 0.1) is 0 Å². The molecule has 0 aromatic heterocycles. The Hall–Kier alpha value is 2.34. The van der Waals surface area contributed by atoms with Gasteiger partial charge in [-0.2, -0.15) is 0 Å². The van der Waals surface area contributed by atoms with Crippen molar-refractivity contribution >= 4 is 49.5 Å². The summed E-state index contributed by atoms with van der Waals surface area (Å²) in [5.41, 5.74) is 0. The molecule has 0 aliphatic heterocycles. The van der Waals surface area contributed by atoms with E-state index in [0.29, 0.717) is 0 Å². The van der Waals surface area contributed by atoms with Crippen LogP contribution in [-0.4, -0.2) is 13.4 Å². The molecular formula is C2H5BiI2. The van der Waals surface area contributed by atoms with Crippen LogP contribution in [0.3, 0.4) is 0 Å². The average Bonchev–Trinajstić information content (AvgIpc) is 1.38. The molecule has 0 N–H and O–H groups in total. The van der Waals surface area contributed by atoms with Gasteiger partial charge in [-0.3, -0.25) is 0 Å². The third-order valence-electron chi connectivity index (χ3n) is 0.239. The summed E-state index contributed by atoms with van der Waals surface area (Å²) in [5, 5.41) is 0. The van der Waals surface area contributed by atoms with Gasteiger partial charge >= 0.3 is 60.5 Å². The van der Waals surface area contributed by atoms with E-state index in [1.807, 2.05) is 0 Å². The van der Waals surface area contributed by atoms with Crippen LogP contribution in [-0.2, 0) is 0 Å². The molecule has 0 aromatic carbocycles. The van der Waals surface area contributed by atoms with E-state index < -0.39 is 13.4 Å². The van der Waals surface area contributed by atoms with Gasteiger partial charge in [0.2, 0.25) is 0 Å². The molecule has 0 unspecified atom stereocenters. The van der Waals surface area contributed by atoms with Crippen LogP contribution in [0.2, 0.25) is 4.13 Å². The van der Waals surface area contributed by atoms with Crippen LogP contribution in [0.5, 0.6) is 0 Å². The van der Waals surface area contributed by atoms with Crippen molar-refractivity contribution < 1.29 is 0 Å². The zero-order chi connectivity index (χ0) is 4.28. The van der Waals surface area contributed by atoms with Crippen LogP contribution < -0.4 is 0 Å². The van der Waals surface area contributed by atoms with Crippen LogP contribution in [0, 0.1) is 0 Å². The fourth-order valence-electron chi connectivity index (χ4n) is 0. The minimum atomic E-state index is -0.692. The zero-order valence-electron chi connectivity index (χ0n) is 2.91. The van der Waals surface area contributed by atoms with Crippen LogP contribution in [0.4, 0.5) is 0 Å². The standard InChI is InChI=1S/C2H5.Bi.2HI/c1-2;;;/h1H2,2H3;;2*1H/q;+2;;/p-2. The number of halogens is 2. The van der Waals surface area contributed by atoms with Crippen molar-refractivity contribution in [1.29, 1.82) is 0 Å². The van der Waals surface area contributed by atoms with Crippen molar-refractivity contribution in [2.24, 2.45) is 0 Å². The molecule has 32 valence electrons. The van der Waals surface area contributed by atoms with E-state index >= 15 is 0 Å². The monoisotopic (exact) mass is 492 g/mol. The van der Waals surface area contributed by atoms with Crippen molar-refractivity contribution in [3.63, 3.8) is 0 Å². The van der Waals surface area contributed by atoms with Crippen molar-refractivity contribution in [2.75, 3.05) is 0 Å². The Morgan fingerprint density at radius 3 is 1.80 bits per heavy atom. The number of rotatable bonds is 1. The average molecular weight is 492 g/mol. The van der Waals surface area contributed by atoms with E-state index in [4.69, 9.17) is 0 Å². The maximum absolute atomic E-state index is 2.60. The third kappa shape index (κ3) is 6.34. The molecule has 3 heteroatoms. The predicted octanol–water partition coefficient (Wildman–Crippen LogP) is 2.36. The molecule has 0 aliphatic carbocycles. The summed E-state index contributed by atoms with van der Waals surface area (Å²) in [5.74, 6) is 0. The van der Waals surface area contributed by atoms with Gasteiger partial charge in [0.1, 0.15) is 0 Å². The van der Waals surface area contributed by atoms with E-state index in [0.717, 1.165) is 0 Å². The van der Waals surface area contributed by atoms with E-state index in [1.165, 1.54) is 4.13 Å². The van der Waals surface area contributed by atoms with Crippen molar-refractivity contribution in [3.8, 4) is 0 Å². The Morgan fingerprint density at radius 2 is 1.80 bits per heavy atom. The summed E-state index contributed by atoms with van der Waals surface area (Å²) >= 11 is 4.50. The van der Waals surface area contributed by atoms with E-state index in [-0.39, 0.29) is 0 Å². The van der Waals surface area contributed by atoms with Crippen molar-refractivity contribution in [1.82, 2.24) is 0 Å². The third-order valence-corrected chi connectivity index (χ3v) is 14.1. The Bertz CT molecular complexity index is 21.6. The van der Waals surface area contributed by atoms with Gasteiger partial charge in [-0.15, -0.1) is 0 Å². The number of hydrogen-bond acceptors (Lipinski definition) is 0. The molecule has 0 amide bonds. The summed E-state index contributed by atoms with van der Waals surface area (Å²) in [6.45, 7) is 2.27. The molecule has 0 rings (SSSR count). The van der Waals surface area contributed by atoms with Gasteiger partial charge in [0, 0.05) is 0 Å². The first-order chi connectivity index (χ1) is 2.27. The molecule has 0 aromatic rings. The second kappa shape index (κ2) is 4.50. The molecule has 0 saturated heterocycles. The summed E-state index contributed by atoms with van der Waals surface area (Å²) in [6.07, 6.45) is 0. The number of hydrogen-bond donors (Lipinski definition) is 0. The predicted molar refractivity (Wildman–Crippen MR) is 44.3 cm³/mol. The first kappa shape index (κ1) is 7.34. The van der Waals surface area contributed by atoms with Crippen LogP contribution in [0.15, 0.2) is 0 Å². The topological polar surface area (TPSA) is 0 Å². The normalized spacial score (nSPS) is 9.60. The molecule has 0 fully saturated rings. The molecule has 0 radical (unpaired) electrons. The second-order valence-electron chi connectivity index (χ2n) is 0.619. The van der Waals surface area contributed by atoms with Gasteiger partial charge < -0.3 is 0 Å². The van der Waals surface area contributed by atoms with Crippen molar-refractivity contribution in [2.45, 2.75) is 11.1 Å². The molecule has 0 nitrogen and oxygen atoms in total. The zero-order valence-corrected chi connectivity index (χ0v) is 10.7. The van der Waals surface area contributed by atoms with Crippen LogP contribution in [0.1, 0.15) is 6.92 Å². The summed E-state index contributed by atoms with van der Waals surface area (Å²) < 4.78 is 1.48. The molecule has 0 spiro atoms. The van der Waals surface area contributed by atoms with E-state index in [9.17, 15) is 0 Å². The summed E-state index contributed by atoms with van der Waals surface area (Å²) in [4.78, 5) is 0. The van der Waals surface area contributed by atoms with E-state index in [2.05, 4.69) is 43.0 Å². The molecular weight excluding hydrogens is 487 g/mol. The van der Waals surface area contributed by atoms with Gasteiger partial charge in [0.15, 0.2) is 0 Å². The molecule has 5 heavy (non-hydrogen) atoms. The van der Waals surface area contributed by atoms with Gasteiger partial charge in [0.25, 0.3) is 0 Å². The Morgan fingerprint density at radius 1 is 1.60 bits per heavy atom. The van der Waals surface area contributed by atoms with Gasteiger partial charge in [-0.05, 0) is 0 Å². The van der Waals surface area contributed by atoms with Crippen LogP contribution in [0.25, 0.3) is 0 Å². The Balaban J connectivity index is 2.54. The second-order valence-corrected chi connectivity index (χ2v) is 42.1. The first-order valence-electron chi connectivity index (χ1n) is 1.36. The fraction of sp³-hybridized carbons (Fsp3) is 1.00. The molecule has 0 saturated carbocycles. The molecule has 0 aliphatic rings. The van der Waals surface area contributed by atoms with E-state index in [1.54, 1.807) is 0 Å². The van der Waals surface area contributed by atoms with Gasteiger partial charge in [-0.1, -0.05) is 0 Å². The Labute approximate surface area is 59.1 Å². The minimum absolute atomic E-state index is 0.692. The quantitative estimate of drug-likeness (QED) is 0.390. The van der Waals surface area contributed by atoms with Crippen LogP contribution >= 0.6 is 36.1 Å². The molecule has 0 heterocycles. The summed E-state index contributed by atoms with van der Waals surface area (Å²) in [7, 11) is 0. The van der Waals surface area contributed by atoms with Crippen molar-refractivity contribution in [3.05, 3.63) is 0 Å². The fourth-order valence-corrected chi connectivity index (χ4v) is 0. The Kier molecular flexibility index (Phi) is 6.61. The SMILES string of the molecule is C[CH2][Bi]([I])[I].